The smallest absolute Gasteiger partial charge is 0.130 e. The molecule has 1 aromatic carbocycles. The van der Waals surface area contributed by atoms with Gasteiger partial charge in [0.1, 0.15) is 5.75 Å². The third kappa shape index (κ3) is 2.25. The van der Waals surface area contributed by atoms with E-state index in [4.69, 9.17) is 0 Å². The fourth-order valence-corrected chi connectivity index (χ4v) is 1.82. The minimum atomic E-state index is 0.125. The number of benzene rings is 1. The van der Waals surface area contributed by atoms with E-state index in [1.165, 1.54) is 5.56 Å². The van der Waals surface area contributed by atoms with E-state index in [-0.39, 0.29) is 5.41 Å². The second-order valence-electron chi connectivity index (χ2n) is 4.37. The van der Waals surface area contributed by atoms with Gasteiger partial charge in [-0.25, -0.2) is 0 Å². The minimum absolute atomic E-state index is 0.125. The fraction of sp³-hybridized carbons (Fsp3) is 0.455. The van der Waals surface area contributed by atoms with E-state index in [9.17, 15) is 5.11 Å². The molecular formula is C11H15BrO. The second kappa shape index (κ2) is 3.33. The molecule has 13 heavy (non-hydrogen) atoms. The molecule has 0 aromatic heterocycles. The lowest BCUT2D eigenvalue weighted by Crippen LogP contribution is -2.12. The molecule has 0 bridgehead atoms. The van der Waals surface area contributed by atoms with Crippen molar-refractivity contribution in [2.45, 2.75) is 33.1 Å². The average Bonchev–Trinajstić information content (AvgIpc) is 1.94. The Balaban J connectivity index is 3.32. The summed E-state index contributed by atoms with van der Waals surface area (Å²) >= 11 is 3.32. The second-order valence-corrected chi connectivity index (χ2v) is 5.22. The third-order valence-electron chi connectivity index (χ3n) is 2.10. The number of phenolic OH excluding ortho intramolecular Hbond substituents is 1. The molecule has 72 valence electrons. The van der Waals surface area contributed by atoms with Crippen molar-refractivity contribution in [2.75, 3.05) is 0 Å². The van der Waals surface area contributed by atoms with E-state index in [0.717, 1.165) is 10.0 Å². The summed E-state index contributed by atoms with van der Waals surface area (Å²) in [4.78, 5) is 0. The maximum absolute atomic E-state index is 9.44. The first kappa shape index (κ1) is 10.6. The summed E-state index contributed by atoms with van der Waals surface area (Å²) in [7, 11) is 0. The first-order valence-corrected chi connectivity index (χ1v) is 5.11. The SMILES string of the molecule is Cc1cc(O)c(Br)cc1C(C)(C)C. The number of aromatic hydroxyl groups is 1. The van der Waals surface area contributed by atoms with Gasteiger partial charge >= 0.3 is 0 Å². The molecule has 2 heteroatoms. The topological polar surface area (TPSA) is 20.2 Å². The summed E-state index contributed by atoms with van der Waals surface area (Å²) in [5.41, 5.74) is 2.52. The molecular weight excluding hydrogens is 228 g/mol. The Morgan fingerprint density at radius 1 is 1.23 bits per heavy atom. The van der Waals surface area contributed by atoms with E-state index in [2.05, 4.69) is 36.7 Å². The van der Waals surface area contributed by atoms with Gasteiger partial charge in [-0.05, 0) is 51.5 Å². The van der Waals surface area contributed by atoms with Crippen LogP contribution in [-0.2, 0) is 5.41 Å². The van der Waals surface area contributed by atoms with Crippen molar-refractivity contribution in [3.05, 3.63) is 27.7 Å². The Bertz CT molecular complexity index is 324. The lowest BCUT2D eigenvalue weighted by Gasteiger charge is -2.22. The lowest BCUT2D eigenvalue weighted by atomic mass is 9.84. The van der Waals surface area contributed by atoms with Gasteiger partial charge < -0.3 is 5.11 Å². The molecule has 0 atom stereocenters. The van der Waals surface area contributed by atoms with E-state index in [0.29, 0.717) is 5.75 Å². The predicted molar refractivity (Wildman–Crippen MR) is 59.2 cm³/mol. The summed E-state index contributed by atoms with van der Waals surface area (Å²) in [6.45, 7) is 8.52. The molecule has 0 fully saturated rings. The van der Waals surface area contributed by atoms with Crippen molar-refractivity contribution in [3.63, 3.8) is 0 Å². The van der Waals surface area contributed by atoms with Crippen molar-refractivity contribution in [2.24, 2.45) is 0 Å². The van der Waals surface area contributed by atoms with Crippen LogP contribution < -0.4 is 0 Å². The standard InChI is InChI=1S/C11H15BrO/c1-7-5-10(13)9(12)6-8(7)11(2,3)4/h5-6,13H,1-4H3. The molecule has 1 rings (SSSR count). The number of hydrogen-bond acceptors (Lipinski definition) is 1. The fourth-order valence-electron chi connectivity index (χ4n) is 1.47. The lowest BCUT2D eigenvalue weighted by molar-refractivity contribution is 0.469. The molecule has 0 aliphatic carbocycles. The molecule has 0 radical (unpaired) electrons. The van der Waals surface area contributed by atoms with Gasteiger partial charge in [0.15, 0.2) is 0 Å². The number of hydrogen-bond donors (Lipinski definition) is 1. The van der Waals surface area contributed by atoms with Crippen LogP contribution in [0.5, 0.6) is 5.75 Å². The van der Waals surface area contributed by atoms with E-state index >= 15 is 0 Å². The van der Waals surface area contributed by atoms with Gasteiger partial charge in [0.2, 0.25) is 0 Å². The molecule has 0 aliphatic rings. The maximum atomic E-state index is 9.44. The van der Waals surface area contributed by atoms with Crippen LogP contribution in [0, 0.1) is 6.92 Å². The normalized spacial score (nSPS) is 11.8. The molecule has 0 heterocycles. The van der Waals surface area contributed by atoms with Gasteiger partial charge in [-0.2, -0.15) is 0 Å². The molecule has 0 amide bonds. The molecule has 1 nitrogen and oxygen atoms in total. The Morgan fingerprint density at radius 3 is 2.23 bits per heavy atom. The molecule has 0 saturated carbocycles. The number of rotatable bonds is 0. The summed E-state index contributed by atoms with van der Waals surface area (Å²) < 4.78 is 0.767. The maximum Gasteiger partial charge on any atom is 0.130 e. The molecule has 1 N–H and O–H groups in total. The van der Waals surface area contributed by atoms with Gasteiger partial charge in [0.25, 0.3) is 0 Å². The van der Waals surface area contributed by atoms with Crippen LogP contribution in [0.25, 0.3) is 0 Å². The summed E-state index contributed by atoms with van der Waals surface area (Å²) in [6, 6.07) is 3.79. The zero-order valence-electron chi connectivity index (χ0n) is 8.48. The molecule has 0 unspecified atom stereocenters. The van der Waals surface area contributed by atoms with Crippen molar-refractivity contribution in [3.8, 4) is 5.75 Å². The zero-order chi connectivity index (χ0) is 10.2. The zero-order valence-corrected chi connectivity index (χ0v) is 10.1. The average molecular weight is 243 g/mol. The Labute approximate surface area is 87.9 Å². The highest BCUT2D eigenvalue weighted by Gasteiger charge is 2.17. The third-order valence-corrected chi connectivity index (χ3v) is 2.74. The number of phenols is 1. The summed E-state index contributed by atoms with van der Waals surface area (Å²) in [5.74, 6) is 0.311. The van der Waals surface area contributed by atoms with Crippen LogP contribution in [-0.4, -0.2) is 5.11 Å². The van der Waals surface area contributed by atoms with Gasteiger partial charge in [-0.1, -0.05) is 20.8 Å². The monoisotopic (exact) mass is 242 g/mol. The molecule has 1 aromatic rings. The van der Waals surface area contributed by atoms with E-state index in [1.807, 2.05) is 13.0 Å². The van der Waals surface area contributed by atoms with Crippen molar-refractivity contribution in [1.82, 2.24) is 0 Å². The van der Waals surface area contributed by atoms with Crippen LogP contribution in [0.2, 0.25) is 0 Å². The largest absolute Gasteiger partial charge is 0.507 e. The van der Waals surface area contributed by atoms with Crippen molar-refractivity contribution >= 4 is 15.9 Å². The highest BCUT2D eigenvalue weighted by Crippen LogP contribution is 2.33. The first-order chi connectivity index (χ1) is 5.82. The quantitative estimate of drug-likeness (QED) is 0.735. The van der Waals surface area contributed by atoms with Crippen molar-refractivity contribution in [1.29, 1.82) is 0 Å². The highest BCUT2D eigenvalue weighted by atomic mass is 79.9. The first-order valence-electron chi connectivity index (χ1n) is 4.32. The highest BCUT2D eigenvalue weighted by molar-refractivity contribution is 9.10. The van der Waals surface area contributed by atoms with E-state index < -0.39 is 0 Å². The Hall–Kier alpha value is -0.500. The van der Waals surface area contributed by atoms with Gasteiger partial charge in [-0.15, -0.1) is 0 Å². The van der Waals surface area contributed by atoms with Crippen LogP contribution in [0.3, 0.4) is 0 Å². The molecule has 0 spiro atoms. The molecule has 0 aliphatic heterocycles. The summed E-state index contributed by atoms with van der Waals surface area (Å²) in [6.07, 6.45) is 0. The number of halogens is 1. The van der Waals surface area contributed by atoms with Crippen LogP contribution >= 0.6 is 15.9 Å². The predicted octanol–water partition coefficient (Wildman–Crippen LogP) is 3.76. The Kier molecular flexibility index (Phi) is 2.71. The van der Waals surface area contributed by atoms with Gasteiger partial charge in [0.05, 0.1) is 4.47 Å². The van der Waals surface area contributed by atoms with Crippen molar-refractivity contribution < 1.29 is 5.11 Å². The Morgan fingerprint density at radius 2 is 1.77 bits per heavy atom. The molecule has 0 saturated heterocycles. The van der Waals surface area contributed by atoms with E-state index in [1.54, 1.807) is 6.07 Å². The van der Waals surface area contributed by atoms with Crippen LogP contribution in [0.4, 0.5) is 0 Å². The van der Waals surface area contributed by atoms with Gasteiger partial charge in [-0.3, -0.25) is 0 Å². The van der Waals surface area contributed by atoms with Crippen LogP contribution in [0.15, 0.2) is 16.6 Å². The summed E-state index contributed by atoms with van der Waals surface area (Å²) in [5, 5.41) is 9.44. The minimum Gasteiger partial charge on any atom is -0.507 e. The number of aryl methyl sites for hydroxylation is 1. The van der Waals surface area contributed by atoms with Crippen LogP contribution in [0.1, 0.15) is 31.9 Å². The van der Waals surface area contributed by atoms with Gasteiger partial charge in [0, 0.05) is 0 Å².